The summed E-state index contributed by atoms with van der Waals surface area (Å²) in [6.45, 7) is 3.19. The molecule has 2 rings (SSSR count). The highest BCUT2D eigenvalue weighted by Gasteiger charge is 2.18. The van der Waals surface area contributed by atoms with Crippen molar-refractivity contribution < 1.29 is 14.6 Å². The summed E-state index contributed by atoms with van der Waals surface area (Å²) in [5.41, 5.74) is 1.62. The number of pyridine rings is 1. The molecule has 86 valence electrons. The molecule has 1 fully saturated rings. The average molecular weight is 222 g/mol. The summed E-state index contributed by atoms with van der Waals surface area (Å²) in [5, 5.41) is 12.2. The molecule has 0 aromatic carbocycles. The fraction of sp³-hybridized carbons (Fsp3) is 0.455. The third-order valence-corrected chi connectivity index (χ3v) is 2.56. The Balaban J connectivity index is 2.22. The summed E-state index contributed by atoms with van der Waals surface area (Å²) < 4.78 is 5.23. The molecule has 1 aromatic rings. The van der Waals surface area contributed by atoms with Crippen LogP contribution in [0.25, 0.3) is 0 Å². The van der Waals surface area contributed by atoms with Gasteiger partial charge in [0.25, 0.3) is 0 Å². The van der Waals surface area contributed by atoms with Gasteiger partial charge in [-0.15, -0.1) is 0 Å². The van der Waals surface area contributed by atoms with Gasteiger partial charge in [-0.05, 0) is 19.4 Å². The van der Waals surface area contributed by atoms with Gasteiger partial charge in [0.15, 0.2) is 0 Å². The molecule has 5 heteroatoms. The van der Waals surface area contributed by atoms with Gasteiger partial charge in [-0.1, -0.05) is 0 Å². The van der Waals surface area contributed by atoms with E-state index in [0.717, 1.165) is 18.7 Å². The van der Waals surface area contributed by atoms with E-state index in [1.807, 2.05) is 6.92 Å². The van der Waals surface area contributed by atoms with Crippen LogP contribution in [0.15, 0.2) is 12.3 Å². The first kappa shape index (κ1) is 10.9. The maximum Gasteiger partial charge on any atom is 0.339 e. The fourth-order valence-corrected chi connectivity index (χ4v) is 1.72. The molecule has 2 N–H and O–H groups in total. The summed E-state index contributed by atoms with van der Waals surface area (Å²) in [4.78, 5) is 15.0. The Morgan fingerprint density at radius 1 is 1.69 bits per heavy atom. The zero-order chi connectivity index (χ0) is 11.5. The van der Waals surface area contributed by atoms with Gasteiger partial charge in [0.05, 0.1) is 18.3 Å². The van der Waals surface area contributed by atoms with Gasteiger partial charge in [-0.2, -0.15) is 0 Å². The summed E-state index contributed by atoms with van der Waals surface area (Å²) in [5.74, 6) is -0.964. The van der Waals surface area contributed by atoms with Crippen LogP contribution in [-0.2, 0) is 4.74 Å². The van der Waals surface area contributed by atoms with Gasteiger partial charge in [0.2, 0.25) is 0 Å². The Labute approximate surface area is 93.5 Å². The quantitative estimate of drug-likeness (QED) is 0.806. The lowest BCUT2D eigenvalue weighted by Crippen LogP contribution is -2.21. The number of hydrogen-bond acceptors (Lipinski definition) is 4. The second-order valence-corrected chi connectivity index (χ2v) is 3.88. The van der Waals surface area contributed by atoms with E-state index in [4.69, 9.17) is 9.84 Å². The van der Waals surface area contributed by atoms with Gasteiger partial charge in [0.1, 0.15) is 5.56 Å². The van der Waals surface area contributed by atoms with Crippen molar-refractivity contribution in [1.82, 2.24) is 4.98 Å². The lowest BCUT2D eigenvalue weighted by Gasteiger charge is -2.14. The minimum absolute atomic E-state index is 0.194. The molecule has 2 heterocycles. The monoisotopic (exact) mass is 222 g/mol. The number of nitrogens with zero attached hydrogens (tertiary/aromatic N) is 1. The van der Waals surface area contributed by atoms with Gasteiger partial charge < -0.3 is 15.2 Å². The van der Waals surface area contributed by atoms with E-state index in [-0.39, 0.29) is 11.6 Å². The molecule has 1 atom stereocenters. The maximum absolute atomic E-state index is 11.0. The predicted molar refractivity (Wildman–Crippen MR) is 58.8 cm³/mol. The molecule has 0 radical (unpaired) electrons. The molecule has 0 amide bonds. The van der Waals surface area contributed by atoms with Crippen molar-refractivity contribution in [3.8, 4) is 0 Å². The fourth-order valence-electron chi connectivity index (χ4n) is 1.72. The minimum Gasteiger partial charge on any atom is -0.478 e. The zero-order valence-electron chi connectivity index (χ0n) is 9.06. The van der Waals surface area contributed by atoms with Crippen molar-refractivity contribution >= 4 is 11.7 Å². The molecular formula is C11H14N2O3. The number of carboxylic acid groups (broad SMARTS) is 1. The third kappa shape index (κ3) is 2.30. The molecule has 1 aromatic heterocycles. The van der Waals surface area contributed by atoms with Crippen molar-refractivity contribution in [2.45, 2.75) is 19.4 Å². The Morgan fingerprint density at radius 3 is 3.12 bits per heavy atom. The minimum atomic E-state index is -0.964. The molecule has 1 saturated heterocycles. The number of rotatable bonds is 3. The molecule has 1 aliphatic rings. The molecule has 0 aliphatic carbocycles. The van der Waals surface area contributed by atoms with Crippen LogP contribution in [0.5, 0.6) is 0 Å². The smallest absolute Gasteiger partial charge is 0.339 e. The van der Waals surface area contributed by atoms with Gasteiger partial charge in [-0.25, -0.2) is 4.79 Å². The molecule has 0 bridgehead atoms. The van der Waals surface area contributed by atoms with Crippen LogP contribution >= 0.6 is 0 Å². The Kier molecular flexibility index (Phi) is 3.05. The van der Waals surface area contributed by atoms with Crippen molar-refractivity contribution in [2.75, 3.05) is 18.5 Å². The standard InChI is InChI=1S/C11H14N2O3/c1-7-4-10(9(5-12-7)11(14)15)13-8-2-3-16-6-8/h4-5,8H,2-3,6H2,1H3,(H,12,13)(H,14,15). The summed E-state index contributed by atoms with van der Waals surface area (Å²) >= 11 is 0. The molecular weight excluding hydrogens is 208 g/mol. The van der Waals surface area contributed by atoms with E-state index >= 15 is 0 Å². The van der Waals surface area contributed by atoms with E-state index in [9.17, 15) is 4.79 Å². The Morgan fingerprint density at radius 2 is 2.50 bits per heavy atom. The second-order valence-electron chi connectivity index (χ2n) is 3.88. The third-order valence-electron chi connectivity index (χ3n) is 2.56. The predicted octanol–water partition coefficient (Wildman–Crippen LogP) is 1.29. The van der Waals surface area contributed by atoms with E-state index in [2.05, 4.69) is 10.3 Å². The number of hydrogen-bond donors (Lipinski definition) is 2. The molecule has 1 aliphatic heterocycles. The normalized spacial score (nSPS) is 19.7. The number of carbonyl (C=O) groups is 1. The Bertz CT molecular complexity index is 400. The summed E-state index contributed by atoms with van der Waals surface area (Å²) in [7, 11) is 0. The highest BCUT2D eigenvalue weighted by Crippen LogP contribution is 2.19. The topological polar surface area (TPSA) is 71.5 Å². The number of aromatic carboxylic acids is 1. The van der Waals surface area contributed by atoms with Crippen LogP contribution in [-0.4, -0.2) is 35.3 Å². The van der Waals surface area contributed by atoms with E-state index in [1.165, 1.54) is 6.20 Å². The number of aryl methyl sites for hydroxylation is 1. The van der Waals surface area contributed by atoms with Crippen molar-refractivity contribution in [2.24, 2.45) is 0 Å². The number of anilines is 1. The average Bonchev–Trinajstić information content (AvgIpc) is 2.70. The largest absolute Gasteiger partial charge is 0.478 e. The van der Waals surface area contributed by atoms with Crippen LogP contribution in [0.4, 0.5) is 5.69 Å². The lowest BCUT2D eigenvalue weighted by molar-refractivity contribution is 0.0697. The highest BCUT2D eigenvalue weighted by atomic mass is 16.5. The molecule has 0 spiro atoms. The van der Waals surface area contributed by atoms with Crippen molar-refractivity contribution in [3.05, 3.63) is 23.5 Å². The van der Waals surface area contributed by atoms with Gasteiger partial charge in [-0.3, -0.25) is 4.98 Å². The number of carboxylic acids is 1. The first-order valence-electron chi connectivity index (χ1n) is 5.21. The van der Waals surface area contributed by atoms with Gasteiger partial charge >= 0.3 is 5.97 Å². The zero-order valence-corrected chi connectivity index (χ0v) is 9.06. The van der Waals surface area contributed by atoms with Gasteiger partial charge in [0, 0.05) is 18.5 Å². The Hall–Kier alpha value is -1.62. The summed E-state index contributed by atoms with van der Waals surface area (Å²) in [6, 6.07) is 1.95. The first-order chi connectivity index (χ1) is 7.66. The van der Waals surface area contributed by atoms with E-state index in [0.29, 0.717) is 12.3 Å². The van der Waals surface area contributed by atoms with E-state index in [1.54, 1.807) is 6.07 Å². The lowest BCUT2D eigenvalue weighted by atomic mass is 10.1. The number of aromatic nitrogens is 1. The highest BCUT2D eigenvalue weighted by molar-refractivity contribution is 5.93. The van der Waals surface area contributed by atoms with Crippen molar-refractivity contribution in [3.63, 3.8) is 0 Å². The SMILES string of the molecule is Cc1cc(NC2CCOC2)c(C(=O)O)cn1. The van der Waals surface area contributed by atoms with Crippen LogP contribution < -0.4 is 5.32 Å². The molecule has 1 unspecified atom stereocenters. The first-order valence-corrected chi connectivity index (χ1v) is 5.21. The maximum atomic E-state index is 11.0. The van der Waals surface area contributed by atoms with Crippen LogP contribution in [0, 0.1) is 6.92 Å². The summed E-state index contributed by atoms with van der Waals surface area (Å²) in [6.07, 6.45) is 2.29. The molecule has 0 saturated carbocycles. The van der Waals surface area contributed by atoms with Crippen LogP contribution in [0.3, 0.4) is 0 Å². The molecule has 5 nitrogen and oxygen atoms in total. The van der Waals surface area contributed by atoms with E-state index < -0.39 is 5.97 Å². The molecule has 16 heavy (non-hydrogen) atoms. The van der Waals surface area contributed by atoms with Crippen LogP contribution in [0.2, 0.25) is 0 Å². The number of ether oxygens (including phenoxy) is 1. The number of nitrogens with one attached hydrogen (secondary N) is 1. The van der Waals surface area contributed by atoms with Crippen LogP contribution in [0.1, 0.15) is 22.5 Å². The second kappa shape index (κ2) is 4.49. The van der Waals surface area contributed by atoms with Crippen molar-refractivity contribution in [1.29, 1.82) is 0 Å².